The summed E-state index contributed by atoms with van der Waals surface area (Å²) >= 11 is 0. The van der Waals surface area contributed by atoms with Crippen molar-refractivity contribution in [3.63, 3.8) is 0 Å². The second kappa shape index (κ2) is 49.6. The zero-order valence-corrected chi connectivity index (χ0v) is 52.7. The van der Waals surface area contributed by atoms with Crippen molar-refractivity contribution in [1.82, 2.24) is 5.32 Å². The van der Waals surface area contributed by atoms with E-state index in [-0.39, 0.29) is 18.9 Å². The first kappa shape index (κ1) is 78.2. The number of allylic oxidation sites excluding steroid dienone is 14. The van der Waals surface area contributed by atoms with Crippen LogP contribution >= 0.6 is 0 Å². The summed E-state index contributed by atoms with van der Waals surface area (Å²) < 4.78 is 34.3. The minimum absolute atomic E-state index is 0.182. The zero-order chi connectivity index (χ0) is 63.3. The fourth-order valence-corrected chi connectivity index (χ4v) is 10.8. The molecule has 1 amide bonds. The molecule has 0 spiro atoms. The summed E-state index contributed by atoms with van der Waals surface area (Å²) in [6, 6.07) is -0.924. The maximum Gasteiger partial charge on any atom is 0.220 e. The number of carbonyl (C=O) groups excluding carboxylic acids is 1. The summed E-state index contributed by atoms with van der Waals surface area (Å²) in [6.45, 7) is 1.64. The summed E-state index contributed by atoms with van der Waals surface area (Å²) in [4.78, 5) is 13.4. The van der Waals surface area contributed by atoms with Gasteiger partial charge in [-0.05, 0) is 64.2 Å². The van der Waals surface area contributed by atoms with Crippen LogP contribution in [0.5, 0.6) is 0 Å². The molecule has 0 saturated carbocycles. The van der Waals surface area contributed by atoms with Crippen LogP contribution in [0.4, 0.5) is 0 Å². The maximum absolute atomic E-state index is 13.4. The number of aliphatic hydroxyl groups excluding tert-OH is 11. The van der Waals surface area contributed by atoms with Crippen molar-refractivity contribution < 1.29 is 89.4 Å². The first-order valence-electron chi connectivity index (χ1n) is 33.3. The molecule has 12 N–H and O–H groups in total. The maximum atomic E-state index is 13.4. The number of aliphatic hydroxyl groups is 11. The van der Waals surface area contributed by atoms with Crippen LogP contribution in [0.25, 0.3) is 0 Å². The van der Waals surface area contributed by atoms with Gasteiger partial charge in [0.1, 0.15) is 73.2 Å². The number of ether oxygens (including phenoxy) is 6. The molecule has 0 aliphatic carbocycles. The van der Waals surface area contributed by atoms with E-state index in [9.17, 15) is 61.0 Å². The quantitative estimate of drug-likeness (QED) is 0.0203. The van der Waals surface area contributed by atoms with Gasteiger partial charge < -0.3 is 89.9 Å². The summed E-state index contributed by atoms with van der Waals surface area (Å²) in [7, 11) is 0. The summed E-state index contributed by atoms with van der Waals surface area (Å²) in [5.41, 5.74) is 0. The lowest BCUT2D eigenvalue weighted by molar-refractivity contribution is -0.379. The molecule has 0 bridgehead atoms. The molecule has 0 aromatic carbocycles. The highest BCUT2D eigenvalue weighted by molar-refractivity contribution is 5.76. The fraction of sp³-hybridized carbons (Fsp3) is 0.779. The number of carbonyl (C=O) groups is 1. The van der Waals surface area contributed by atoms with Gasteiger partial charge in [-0.15, -0.1) is 0 Å². The van der Waals surface area contributed by atoms with Crippen molar-refractivity contribution >= 4 is 5.91 Å². The Labute approximate surface area is 520 Å². The zero-order valence-electron chi connectivity index (χ0n) is 52.7. The van der Waals surface area contributed by atoms with Crippen LogP contribution in [-0.2, 0) is 33.2 Å². The number of nitrogens with one attached hydrogen (secondary N) is 1. The first-order valence-corrected chi connectivity index (χ1v) is 33.3. The number of amides is 1. The molecule has 3 saturated heterocycles. The third-order valence-corrected chi connectivity index (χ3v) is 16.2. The van der Waals surface area contributed by atoms with Gasteiger partial charge >= 0.3 is 0 Å². The normalized spacial score (nSPS) is 29.1. The van der Waals surface area contributed by atoms with Gasteiger partial charge in [0, 0.05) is 6.42 Å². The molecule has 3 aliphatic rings. The van der Waals surface area contributed by atoms with E-state index < -0.39 is 124 Å². The van der Waals surface area contributed by atoms with Crippen molar-refractivity contribution in [2.75, 3.05) is 26.4 Å². The molecule has 0 aromatic rings. The van der Waals surface area contributed by atoms with Gasteiger partial charge in [-0.2, -0.15) is 0 Å². The number of unbranched alkanes of at least 4 members (excludes halogenated alkanes) is 19. The molecule has 502 valence electrons. The predicted molar refractivity (Wildman–Crippen MR) is 337 cm³/mol. The average molecular weight is 1240 g/mol. The molecule has 19 heteroatoms. The Hall–Kier alpha value is -3.03. The van der Waals surface area contributed by atoms with Crippen LogP contribution in [0.1, 0.15) is 206 Å². The fourth-order valence-electron chi connectivity index (χ4n) is 10.8. The highest BCUT2D eigenvalue weighted by atomic mass is 16.8. The Kier molecular flexibility index (Phi) is 44.6. The van der Waals surface area contributed by atoms with E-state index in [1.165, 1.54) is 96.3 Å². The molecule has 3 fully saturated rings. The second-order valence-corrected chi connectivity index (χ2v) is 23.6. The molecule has 0 aromatic heterocycles. The van der Waals surface area contributed by atoms with Gasteiger partial charge in [-0.1, -0.05) is 221 Å². The molecule has 3 rings (SSSR count). The Balaban J connectivity index is 1.48. The largest absolute Gasteiger partial charge is 0.394 e. The molecule has 19 nitrogen and oxygen atoms in total. The monoisotopic (exact) mass is 1240 g/mol. The molecular weight excluding hydrogens is 1120 g/mol. The first-order chi connectivity index (χ1) is 42.3. The molecule has 0 radical (unpaired) electrons. The van der Waals surface area contributed by atoms with Crippen molar-refractivity contribution in [1.29, 1.82) is 0 Å². The summed E-state index contributed by atoms with van der Waals surface area (Å²) in [6.07, 6.45) is 35.2. The van der Waals surface area contributed by atoms with E-state index in [1.807, 2.05) is 6.08 Å². The van der Waals surface area contributed by atoms with Gasteiger partial charge in [0.25, 0.3) is 0 Å². The standard InChI is InChI=1S/C68H117NO18/c1-3-5-7-9-11-13-15-17-19-21-23-24-25-26-28-30-32-34-36-38-40-42-44-46-56(74)69-51(52(73)45-43-41-39-37-35-33-31-29-27-22-20-18-16-14-12-10-8-6-4-2)50-82-66-62(80)59(77)64(54(48-71)84-66)87-68-63(81)60(78)65(55(49-72)85-68)86-67-61(79)58(76)57(75)53(47-70)83-67/h5,7,11,13,17,19,23-24,26,28,32,34,38,40,51-55,57-68,70-73,75-81H,3-4,6,8-10,12,14-16,18,20-22,25,27,29-31,33,35-37,39,41-50H2,1-2H3,(H,69,74)/b7-5-,13-11-,19-17-,24-23-,28-26-,34-32-,40-38-. The van der Waals surface area contributed by atoms with E-state index in [0.29, 0.717) is 25.7 Å². The van der Waals surface area contributed by atoms with Crippen LogP contribution in [0, 0.1) is 0 Å². The third-order valence-electron chi connectivity index (χ3n) is 16.2. The lowest BCUT2D eigenvalue weighted by Crippen LogP contribution is -2.66. The molecule has 17 unspecified atom stereocenters. The lowest BCUT2D eigenvalue weighted by atomic mass is 9.96. The van der Waals surface area contributed by atoms with Crippen molar-refractivity contribution in [2.45, 2.75) is 311 Å². The van der Waals surface area contributed by atoms with Gasteiger partial charge in [0.2, 0.25) is 5.91 Å². The lowest BCUT2D eigenvalue weighted by Gasteiger charge is -2.48. The van der Waals surface area contributed by atoms with Crippen LogP contribution < -0.4 is 5.32 Å². The SMILES string of the molecule is CC/C=C\C/C=C\C/C=C\C/C=C\C/C=C\C/C=C\C/C=C\CCCC(=O)NC(COC1OC(CO)C(OC2OC(CO)C(OC3OC(CO)C(O)C(O)C3O)C(O)C2O)C(O)C1O)C(O)CCCCCCCCCCCCCCCCCCCCC. The highest BCUT2D eigenvalue weighted by Gasteiger charge is 2.53. The van der Waals surface area contributed by atoms with Gasteiger partial charge in [0.15, 0.2) is 18.9 Å². The summed E-state index contributed by atoms with van der Waals surface area (Å²) in [5, 5.41) is 121. The molecule has 3 aliphatic heterocycles. The van der Waals surface area contributed by atoms with Crippen molar-refractivity contribution in [3.05, 3.63) is 85.1 Å². The third kappa shape index (κ3) is 32.2. The Bertz CT molecular complexity index is 1910. The van der Waals surface area contributed by atoms with Crippen LogP contribution in [-0.4, -0.2) is 193 Å². The molecule has 87 heavy (non-hydrogen) atoms. The Morgan fingerprint density at radius 3 is 1.20 bits per heavy atom. The van der Waals surface area contributed by atoms with Gasteiger partial charge in [0.05, 0.1) is 38.6 Å². The smallest absolute Gasteiger partial charge is 0.220 e. The minimum Gasteiger partial charge on any atom is -0.394 e. The topological polar surface area (TPSA) is 307 Å². The molecule has 17 atom stereocenters. The van der Waals surface area contributed by atoms with E-state index in [2.05, 4.69) is 98.2 Å². The Morgan fingerprint density at radius 2 is 0.782 bits per heavy atom. The van der Waals surface area contributed by atoms with Gasteiger partial charge in [-0.3, -0.25) is 4.79 Å². The Morgan fingerprint density at radius 1 is 0.425 bits per heavy atom. The van der Waals surface area contributed by atoms with Crippen molar-refractivity contribution in [3.8, 4) is 0 Å². The predicted octanol–water partition coefficient (Wildman–Crippen LogP) is 7.93. The minimum atomic E-state index is -1.98. The van der Waals surface area contributed by atoms with Gasteiger partial charge in [-0.25, -0.2) is 0 Å². The van der Waals surface area contributed by atoms with Crippen LogP contribution in [0.3, 0.4) is 0 Å². The highest BCUT2D eigenvalue weighted by Crippen LogP contribution is 2.33. The van der Waals surface area contributed by atoms with E-state index in [0.717, 1.165) is 64.2 Å². The van der Waals surface area contributed by atoms with E-state index in [4.69, 9.17) is 28.4 Å². The van der Waals surface area contributed by atoms with Crippen LogP contribution in [0.2, 0.25) is 0 Å². The number of hydrogen-bond acceptors (Lipinski definition) is 18. The molecule has 3 heterocycles. The second-order valence-electron chi connectivity index (χ2n) is 23.6. The average Bonchev–Trinajstić information content (AvgIpc) is 2.58. The molecular formula is C68H117NO18. The van der Waals surface area contributed by atoms with E-state index >= 15 is 0 Å². The van der Waals surface area contributed by atoms with E-state index in [1.54, 1.807) is 0 Å². The summed E-state index contributed by atoms with van der Waals surface area (Å²) in [5.74, 6) is -0.303. The number of hydrogen-bond donors (Lipinski definition) is 12. The van der Waals surface area contributed by atoms with Crippen LogP contribution in [0.15, 0.2) is 85.1 Å². The number of rotatable bonds is 49. The van der Waals surface area contributed by atoms with Crippen molar-refractivity contribution in [2.24, 2.45) is 0 Å².